The average Bonchev–Trinajstić information content (AvgIpc) is 2.74. The van der Waals surface area contributed by atoms with Crippen LogP contribution in [0.1, 0.15) is 27.9 Å². The van der Waals surface area contributed by atoms with Gasteiger partial charge in [0.1, 0.15) is 12.2 Å². The van der Waals surface area contributed by atoms with E-state index in [1.54, 1.807) is 10.6 Å². The van der Waals surface area contributed by atoms with Gasteiger partial charge in [0.05, 0.1) is 12.1 Å². The second kappa shape index (κ2) is 5.88. The third kappa shape index (κ3) is 2.39. The van der Waals surface area contributed by atoms with Gasteiger partial charge in [-0.2, -0.15) is 0 Å². The number of alkyl halides is 1. The molecule has 0 spiro atoms. The molecule has 0 saturated carbocycles. The third-order valence-corrected chi connectivity index (χ3v) is 4.09. The van der Waals surface area contributed by atoms with Crippen molar-refractivity contribution in [2.24, 2.45) is 0 Å². The maximum absolute atomic E-state index is 12.9. The van der Waals surface area contributed by atoms with Gasteiger partial charge in [-0.3, -0.25) is 4.79 Å². The molecule has 22 heavy (non-hydrogen) atoms. The molecule has 2 heterocycles. The number of carbonyl (C=O) groups is 1. The number of benzene rings is 1. The molecule has 0 radical (unpaired) electrons. The van der Waals surface area contributed by atoms with Crippen LogP contribution < -0.4 is 10.7 Å². The van der Waals surface area contributed by atoms with Crippen molar-refractivity contribution in [1.82, 2.24) is 9.88 Å². The third-order valence-electron chi connectivity index (χ3n) is 4.09. The van der Waals surface area contributed by atoms with Crippen molar-refractivity contribution < 1.29 is 14.3 Å². The van der Waals surface area contributed by atoms with Gasteiger partial charge >= 0.3 is 5.97 Å². The van der Waals surface area contributed by atoms with Gasteiger partial charge in [-0.25, -0.2) is 9.18 Å². The van der Waals surface area contributed by atoms with E-state index in [2.05, 4.69) is 5.32 Å². The summed E-state index contributed by atoms with van der Waals surface area (Å²) in [6.07, 6.45) is 2.99. The zero-order valence-electron chi connectivity index (χ0n) is 12.1. The fraction of sp³-hybridized carbons (Fsp3) is 0.375. The SMILES string of the molecule is O=C(O)c1cn(CCF)c2c3c(ccc2c1=O)CNCCC3. The van der Waals surface area contributed by atoms with Crippen molar-refractivity contribution in [3.05, 3.63) is 45.2 Å². The Bertz CT molecular complexity index is 798. The highest BCUT2D eigenvalue weighted by molar-refractivity contribution is 5.93. The zero-order valence-corrected chi connectivity index (χ0v) is 12.1. The number of nitrogens with one attached hydrogen (secondary N) is 1. The Labute approximate surface area is 126 Å². The van der Waals surface area contributed by atoms with Crippen LogP contribution in [0.25, 0.3) is 10.9 Å². The van der Waals surface area contributed by atoms with Gasteiger partial charge in [-0.05, 0) is 36.6 Å². The number of rotatable bonds is 3. The summed E-state index contributed by atoms with van der Waals surface area (Å²) in [5.41, 5.74) is 1.96. The first kappa shape index (κ1) is 14.7. The first-order valence-corrected chi connectivity index (χ1v) is 7.31. The molecule has 0 bridgehead atoms. The first-order valence-electron chi connectivity index (χ1n) is 7.31. The van der Waals surface area contributed by atoms with Gasteiger partial charge < -0.3 is 15.0 Å². The number of nitrogens with zero attached hydrogens (tertiary/aromatic N) is 1. The first-order chi connectivity index (χ1) is 10.6. The van der Waals surface area contributed by atoms with Crippen molar-refractivity contribution >= 4 is 16.9 Å². The normalized spacial score (nSPS) is 14.6. The predicted octanol–water partition coefficient (Wildman–Crippen LogP) is 1.70. The molecular formula is C16H17FN2O3. The van der Waals surface area contributed by atoms with E-state index in [1.807, 2.05) is 6.07 Å². The smallest absolute Gasteiger partial charge is 0.341 e. The fourth-order valence-electron chi connectivity index (χ4n) is 3.09. The number of aromatic nitrogens is 1. The summed E-state index contributed by atoms with van der Waals surface area (Å²) in [6, 6.07) is 3.52. The van der Waals surface area contributed by atoms with E-state index in [9.17, 15) is 19.1 Å². The molecule has 1 aromatic carbocycles. The van der Waals surface area contributed by atoms with Crippen LogP contribution in [0, 0.1) is 0 Å². The number of carboxylic acids is 1. The van der Waals surface area contributed by atoms with Crippen LogP contribution in [0.15, 0.2) is 23.1 Å². The summed E-state index contributed by atoms with van der Waals surface area (Å²) in [7, 11) is 0. The van der Waals surface area contributed by atoms with Crippen LogP contribution in [0.5, 0.6) is 0 Å². The van der Waals surface area contributed by atoms with Crippen molar-refractivity contribution in [3.8, 4) is 0 Å². The van der Waals surface area contributed by atoms with E-state index in [-0.39, 0.29) is 12.1 Å². The summed E-state index contributed by atoms with van der Waals surface area (Å²) in [4.78, 5) is 23.6. The average molecular weight is 304 g/mol. The Kier molecular flexibility index (Phi) is 3.94. The Hall–Kier alpha value is -2.21. The molecule has 0 unspecified atom stereocenters. The van der Waals surface area contributed by atoms with Crippen LogP contribution >= 0.6 is 0 Å². The minimum atomic E-state index is -1.28. The number of fused-ring (bicyclic) bond motifs is 3. The topological polar surface area (TPSA) is 71.3 Å². The molecule has 1 aromatic heterocycles. The van der Waals surface area contributed by atoms with Gasteiger partial charge in [0.2, 0.25) is 5.43 Å². The highest BCUT2D eigenvalue weighted by atomic mass is 19.1. The van der Waals surface area contributed by atoms with Gasteiger partial charge in [0.15, 0.2) is 0 Å². The van der Waals surface area contributed by atoms with Crippen LogP contribution in [0.4, 0.5) is 4.39 Å². The molecular weight excluding hydrogens is 287 g/mol. The van der Waals surface area contributed by atoms with E-state index >= 15 is 0 Å². The Morgan fingerprint density at radius 1 is 1.41 bits per heavy atom. The number of hydrogen-bond acceptors (Lipinski definition) is 3. The lowest BCUT2D eigenvalue weighted by Crippen LogP contribution is -2.20. The molecule has 1 aliphatic heterocycles. The number of pyridine rings is 1. The summed E-state index contributed by atoms with van der Waals surface area (Å²) in [5, 5.41) is 12.8. The van der Waals surface area contributed by atoms with Gasteiger partial charge in [0, 0.05) is 18.1 Å². The number of carboxylic acid groups (broad SMARTS) is 1. The molecule has 2 aromatic rings. The molecule has 5 nitrogen and oxygen atoms in total. The van der Waals surface area contributed by atoms with E-state index in [1.165, 1.54) is 6.20 Å². The van der Waals surface area contributed by atoms with Crippen molar-refractivity contribution in [1.29, 1.82) is 0 Å². The standard InChI is InChI=1S/C16H17FN2O3/c17-5-7-19-9-13(16(21)22)15(20)12-4-3-10-8-18-6-1-2-11(10)14(12)19/h3-4,9,18H,1-2,5-8H2,(H,21,22). The molecule has 2 N–H and O–H groups in total. The molecule has 3 rings (SSSR count). The molecule has 6 heteroatoms. The number of aryl methyl sites for hydroxylation is 2. The van der Waals surface area contributed by atoms with E-state index in [0.717, 1.165) is 30.5 Å². The highest BCUT2D eigenvalue weighted by Crippen LogP contribution is 2.24. The Balaban J connectivity index is 2.38. The molecule has 0 amide bonds. The predicted molar refractivity (Wildman–Crippen MR) is 81.2 cm³/mol. The quantitative estimate of drug-likeness (QED) is 0.905. The van der Waals surface area contributed by atoms with E-state index in [4.69, 9.17) is 0 Å². The lowest BCUT2D eigenvalue weighted by Gasteiger charge is -2.16. The molecule has 0 atom stereocenters. The van der Waals surface area contributed by atoms with Crippen LogP contribution in [-0.4, -0.2) is 28.9 Å². The molecule has 1 aliphatic rings. The highest BCUT2D eigenvalue weighted by Gasteiger charge is 2.19. The molecule has 0 saturated heterocycles. The maximum Gasteiger partial charge on any atom is 0.341 e. The minimum absolute atomic E-state index is 0.0426. The minimum Gasteiger partial charge on any atom is -0.477 e. The van der Waals surface area contributed by atoms with Crippen LogP contribution in [0.2, 0.25) is 0 Å². The summed E-state index contributed by atoms with van der Waals surface area (Å²) in [6.45, 7) is 1.02. The monoisotopic (exact) mass is 304 g/mol. The van der Waals surface area contributed by atoms with Crippen LogP contribution in [0.3, 0.4) is 0 Å². The van der Waals surface area contributed by atoms with Gasteiger partial charge in [0.25, 0.3) is 0 Å². The maximum atomic E-state index is 12.9. The summed E-state index contributed by atoms with van der Waals surface area (Å²) in [5.74, 6) is -1.28. The fourth-order valence-corrected chi connectivity index (χ4v) is 3.09. The van der Waals surface area contributed by atoms with E-state index in [0.29, 0.717) is 17.4 Å². The van der Waals surface area contributed by atoms with Crippen LogP contribution in [-0.2, 0) is 19.5 Å². The number of halogens is 1. The van der Waals surface area contributed by atoms with Crippen molar-refractivity contribution in [2.75, 3.05) is 13.2 Å². The Morgan fingerprint density at radius 2 is 2.23 bits per heavy atom. The van der Waals surface area contributed by atoms with E-state index < -0.39 is 18.1 Å². The molecule has 0 aliphatic carbocycles. The number of aromatic carboxylic acids is 1. The Morgan fingerprint density at radius 3 is 2.95 bits per heavy atom. The van der Waals surface area contributed by atoms with Crippen molar-refractivity contribution in [2.45, 2.75) is 25.9 Å². The summed E-state index contributed by atoms with van der Waals surface area (Å²) < 4.78 is 14.5. The van der Waals surface area contributed by atoms with Gasteiger partial charge in [-0.15, -0.1) is 0 Å². The lowest BCUT2D eigenvalue weighted by atomic mass is 9.98. The molecule has 116 valence electrons. The second-order valence-electron chi connectivity index (χ2n) is 5.44. The molecule has 0 fully saturated rings. The number of hydrogen-bond donors (Lipinski definition) is 2. The van der Waals surface area contributed by atoms with Gasteiger partial charge in [-0.1, -0.05) is 6.07 Å². The largest absolute Gasteiger partial charge is 0.477 e. The van der Waals surface area contributed by atoms with Crippen molar-refractivity contribution in [3.63, 3.8) is 0 Å². The second-order valence-corrected chi connectivity index (χ2v) is 5.44. The lowest BCUT2D eigenvalue weighted by molar-refractivity contribution is 0.0694. The summed E-state index contributed by atoms with van der Waals surface area (Å²) >= 11 is 0. The zero-order chi connectivity index (χ0) is 15.7.